The minimum Gasteiger partial charge on any atom is -0.386 e. The number of ether oxygens (including phenoxy) is 1. The van der Waals surface area contributed by atoms with Crippen LogP contribution in [0.4, 0.5) is 0 Å². The summed E-state index contributed by atoms with van der Waals surface area (Å²) in [5, 5.41) is 11.6. The molecule has 0 radical (unpaired) electrons. The highest BCUT2D eigenvalue weighted by Crippen LogP contribution is 2.37. The summed E-state index contributed by atoms with van der Waals surface area (Å²) in [6.07, 6.45) is -0.697. The minimum atomic E-state index is -0.697. The summed E-state index contributed by atoms with van der Waals surface area (Å²) >= 11 is 12.2. The Bertz CT molecular complexity index is 445. The zero-order valence-corrected chi connectivity index (χ0v) is 12.7. The number of halogens is 2. The molecule has 1 unspecified atom stereocenters. The first-order valence-electron chi connectivity index (χ1n) is 6.39. The number of nitrogens with zero attached hydrogens (tertiary/aromatic N) is 1. The van der Waals surface area contributed by atoms with Gasteiger partial charge in [0.25, 0.3) is 0 Å². The fourth-order valence-corrected chi connectivity index (χ4v) is 2.84. The van der Waals surface area contributed by atoms with Gasteiger partial charge in [-0.3, -0.25) is 4.90 Å². The zero-order chi connectivity index (χ0) is 14.0. The van der Waals surface area contributed by atoms with E-state index in [1.165, 1.54) is 0 Å². The van der Waals surface area contributed by atoms with Crippen LogP contribution < -0.4 is 0 Å². The van der Waals surface area contributed by atoms with E-state index in [1.807, 2.05) is 26.0 Å². The second kappa shape index (κ2) is 5.98. The van der Waals surface area contributed by atoms with E-state index in [0.29, 0.717) is 28.8 Å². The van der Waals surface area contributed by atoms with Gasteiger partial charge in [0, 0.05) is 24.2 Å². The van der Waals surface area contributed by atoms with Crippen LogP contribution in [-0.2, 0) is 4.74 Å². The van der Waals surface area contributed by atoms with Gasteiger partial charge in [0.1, 0.15) is 0 Å². The number of hydrogen-bond donors (Lipinski definition) is 1. The molecule has 1 aromatic carbocycles. The summed E-state index contributed by atoms with van der Waals surface area (Å²) in [5.74, 6) is 0. The molecule has 1 fully saturated rings. The lowest BCUT2D eigenvalue weighted by Crippen LogP contribution is -2.53. The molecule has 0 aliphatic carbocycles. The number of aliphatic hydroxyl groups is 1. The molecule has 3 nitrogen and oxygen atoms in total. The van der Waals surface area contributed by atoms with Crippen molar-refractivity contribution < 1.29 is 9.84 Å². The van der Waals surface area contributed by atoms with E-state index in [0.717, 1.165) is 13.1 Å². The first-order chi connectivity index (χ1) is 8.94. The predicted octanol–water partition coefficient (Wildman–Crippen LogP) is 3.14. The highest BCUT2D eigenvalue weighted by Gasteiger charge is 2.37. The van der Waals surface area contributed by atoms with Crippen molar-refractivity contribution in [3.05, 3.63) is 33.8 Å². The molecule has 1 saturated heterocycles. The maximum Gasteiger partial charge on any atom is 0.0983 e. The highest BCUT2D eigenvalue weighted by atomic mass is 35.5. The summed E-state index contributed by atoms with van der Waals surface area (Å²) in [5.41, 5.74) is 0.253. The topological polar surface area (TPSA) is 32.7 Å². The number of morpholine rings is 1. The normalized spacial score (nSPS) is 19.4. The molecule has 1 aromatic rings. The fraction of sp³-hybridized carbons (Fsp3) is 0.571. The van der Waals surface area contributed by atoms with E-state index < -0.39 is 11.6 Å². The number of hydrogen-bond acceptors (Lipinski definition) is 3. The maximum absolute atomic E-state index is 10.7. The van der Waals surface area contributed by atoms with Gasteiger partial charge in [0.2, 0.25) is 0 Å². The van der Waals surface area contributed by atoms with Gasteiger partial charge in [-0.1, -0.05) is 35.3 Å². The summed E-state index contributed by atoms with van der Waals surface area (Å²) in [6.45, 7) is 7.03. The fourth-order valence-electron chi connectivity index (χ4n) is 2.42. The molecule has 1 atom stereocenters. The van der Waals surface area contributed by atoms with E-state index >= 15 is 0 Å². The Hall–Kier alpha value is -0.320. The Morgan fingerprint density at radius 2 is 1.89 bits per heavy atom. The SMILES string of the molecule is CC(C)(C(O)c1cccc(Cl)c1Cl)N1CCOCC1. The molecule has 0 aromatic heterocycles. The van der Waals surface area contributed by atoms with Gasteiger partial charge < -0.3 is 9.84 Å². The van der Waals surface area contributed by atoms with Gasteiger partial charge in [-0.25, -0.2) is 0 Å². The molecule has 2 rings (SSSR count). The average molecular weight is 304 g/mol. The molecule has 106 valence electrons. The predicted molar refractivity (Wildman–Crippen MR) is 77.9 cm³/mol. The van der Waals surface area contributed by atoms with Crippen molar-refractivity contribution in [2.45, 2.75) is 25.5 Å². The van der Waals surface area contributed by atoms with E-state index in [-0.39, 0.29) is 0 Å². The third-order valence-corrected chi connectivity index (χ3v) is 4.60. The lowest BCUT2D eigenvalue weighted by atomic mass is 9.89. The molecule has 19 heavy (non-hydrogen) atoms. The van der Waals surface area contributed by atoms with Crippen LogP contribution in [0, 0.1) is 0 Å². The van der Waals surface area contributed by atoms with E-state index in [4.69, 9.17) is 27.9 Å². The van der Waals surface area contributed by atoms with E-state index in [1.54, 1.807) is 6.07 Å². The van der Waals surface area contributed by atoms with Gasteiger partial charge >= 0.3 is 0 Å². The molecule has 1 aliphatic heterocycles. The Morgan fingerprint density at radius 1 is 1.26 bits per heavy atom. The average Bonchev–Trinajstić information content (AvgIpc) is 2.42. The quantitative estimate of drug-likeness (QED) is 0.931. The van der Waals surface area contributed by atoms with Gasteiger partial charge in [0.05, 0.1) is 29.4 Å². The van der Waals surface area contributed by atoms with Crippen LogP contribution in [-0.4, -0.2) is 41.8 Å². The molecule has 1 aliphatic rings. The minimum absolute atomic E-state index is 0.419. The van der Waals surface area contributed by atoms with Gasteiger partial charge in [-0.15, -0.1) is 0 Å². The molecule has 0 spiro atoms. The number of rotatable bonds is 3. The molecule has 1 N–H and O–H groups in total. The molecule has 5 heteroatoms. The first-order valence-corrected chi connectivity index (χ1v) is 7.15. The monoisotopic (exact) mass is 303 g/mol. The molecular formula is C14H19Cl2NO2. The van der Waals surface area contributed by atoms with Crippen LogP contribution in [0.2, 0.25) is 10.0 Å². The van der Waals surface area contributed by atoms with Crippen molar-refractivity contribution in [2.75, 3.05) is 26.3 Å². The van der Waals surface area contributed by atoms with E-state index in [9.17, 15) is 5.11 Å². The zero-order valence-electron chi connectivity index (χ0n) is 11.2. The summed E-state index contributed by atoms with van der Waals surface area (Å²) in [7, 11) is 0. The van der Waals surface area contributed by atoms with Crippen LogP contribution in [0.25, 0.3) is 0 Å². The van der Waals surface area contributed by atoms with Crippen molar-refractivity contribution >= 4 is 23.2 Å². The lowest BCUT2D eigenvalue weighted by Gasteiger charge is -2.44. The summed E-state index contributed by atoms with van der Waals surface area (Å²) < 4.78 is 5.35. The van der Waals surface area contributed by atoms with Crippen molar-refractivity contribution in [1.82, 2.24) is 4.90 Å². The summed E-state index contributed by atoms with van der Waals surface area (Å²) in [6, 6.07) is 5.35. The summed E-state index contributed by atoms with van der Waals surface area (Å²) in [4.78, 5) is 2.22. The largest absolute Gasteiger partial charge is 0.386 e. The van der Waals surface area contributed by atoms with Crippen molar-refractivity contribution in [3.8, 4) is 0 Å². The second-order valence-corrected chi connectivity index (χ2v) is 6.08. The standard InChI is InChI=1S/C14H19Cl2NO2/c1-14(2,17-6-8-19-9-7-17)13(18)10-4-3-5-11(15)12(10)16/h3-5,13,18H,6-9H2,1-2H3. The molecule has 0 amide bonds. The van der Waals surface area contributed by atoms with Crippen LogP contribution in [0.1, 0.15) is 25.5 Å². The van der Waals surface area contributed by atoms with Gasteiger partial charge in [-0.05, 0) is 19.9 Å². The number of aliphatic hydroxyl groups excluding tert-OH is 1. The highest BCUT2D eigenvalue weighted by molar-refractivity contribution is 6.42. The first kappa shape index (κ1) is 15.1. The van der Waals surface area contributed by atoms with Crippen LogP contribution >= 0.6 is 23.2 Å². The van der Waals surface area contributed by atoms with Crippen LogP contribution in [0.3, 0.4) is 0 Å². The third-order valence-electron chi connectivity index (χ3n) is 3.77. The lowest BCUT2D eigenvalue weighted by molar-refractivity contribution is -0.0630. The van der Waals surface area contributed by atoms with Crippen LogP contribution in [0.15, 0.2) is 18.2 Å². The maximum atomic E-state index is 10.7. The third kappa shape index (κ3) is 3.06. The smallest absolute Gasteiger partial charge is 0.0983 e. The van der Waals surface area contributed by atoms with Gasteiger partial charge in [0.15, 0.2) is 0 Å². The molecular weight excluding hydrogens is 285 g/mol. The molecule has 0 bridgehead atoms. The van der Waals surface area contributed by atoms with Crippen molar-refractivity contribution in [2.24, 2.45) is 0 Å². The van der Waals surface area contributed by atoms with E-state index in [2.05, 4.69) is 4.90 Å². The van der Waals surface area contributed by atoms with Crippen molar-refractivity contribution in [3.63, 3.8) is 0 Å². The Kier molecular flexibility index (Phi) is 4.75. The number of benzene rings is 1. The Labute approximate surface area is 124 Å². The molecule has 1 heterocycles. The van der Waals surface area contributed by atoms with Gasteiger partial charge in [-0.2, -0.15) is 0 Å². The molecule has 0 saturated carbocycles. The van der Waals surface area contributed by atoms with Crippen molar-refractivity contribution in [1.29, 1.82) is 0 Å². The van der Waals surface area contributed by atoms with Crippen LogP contribution in [0.5, 0.6) is 0 Å². The Balaban J connectivity index is 2.26. The Morgan fingerprint density at radius 3 is 2.53 bits per heavy atom. The second-order valence-electron chi connectivity index (χ2n) is 5.30.